The second kappa shape index (κ2) is 8.61. The molecule has 0 atom stereocenters. The number of carbonyl (C=O) groups excluding carboxylic acids is 1. The molecule has 1 N–H and O–H groups in total. The lowest BCUT2D eigenvalue weighted by Gasteiger charge is -2.33. The van der Waals surface area contributed by atoms with Gasteiger partial charge in [0.2, 0.25) is 5.95 Å². The third-order valence-electron chi connectivity index (χ3n) is 3.37. The summed E-state index contributed by atoms with van der Waals surface area (Å²) >= 11 is 0. The molecule has 1 aliphatic heterocycles. The van der Waals surface area contributed by atoms with Crippen LogP contribution >= 0.6 is 0 Å². The first kappa shape index (κ1) is 19.9. The molecule has 0 aromatic carbocycles. The number of rotatable bonds is 1. The van der Waals surface area contributed by atoms with Gasteiger partial charge in [0.25, 0.3) is 5.97 Å². The zero-order valence-electron chi connectivity index (χ0n) is 14.6. The number of carboxylic acids is 1. The fraction of sp³-hybridized carbons (Fsp3) is 0.588. The van der Waals surface area contributed by atoms with E-state index in [-0.39, 0.29) is 12.0 Å². The van der Waals surface area contributed by atoms with Gasteiger partial charge in [-0.1, -0.05) is 6.07 Å². The number of aliphatic carboxylic acids is 1. The first-order valence-electron chi connectivity index (χ1n) is 7.88. The maximum atomic E-state index is 13.6. The molecule has 1 amide bonds. The molecule has 1 aliphatic rings. The molecule has 7 heteroatoms. The third kappa shape index (κ3) is 6.93. The summed E-state index contributed by atoms with van der Waals surface area (Å²) in [6, 6.07) is 3.52. The van der Waals surface area contributed by atoms with E-state index in [1.807, 2.05) is 20.8 Å². The van der Waals surface area contributed by atoms with Crippen LogP contribution in [0.4, 0.5) is 9.18 Å². The summed E-state index contributed by atoms with van der Waals surface area (Å²) in [6.07, 6.45) is 2.64. The Bertz CT molecular complexity index is 560. The minimum absolute atomic E-state index is 0.127. The molecule has 0 unspecified atom stereocenters. The molecule has 1 fully saturated rings. The van der Waals surface area contributed by atoms with E-state index < -0.39 is 17.5 Å². The summed E-state index contributed by atoms with van der Waals surface area (Å²) in [5, 5.41) is 7.42. The highest BCUT2D eigenvalue weighted by Gasteiger charge is 2.28. The van der Waals surface area contributed by atoms with Gasteiger partial charge in [0.1, 0.15) is 5.60 Å². The smallest absolute Gasteiger partial charge is 0.410 e. The first-order chi connectivity index (χ1) is 11.1. The standard InChI is InChI=1S/C15H21FN2O2.C2H4O2/c1-15(2,3)20-14(19)18-9-6-11(7-10-18)12-5-4-8-17-13(12)16;1-2(3)4/h4-5,8,11H,6-7,9-10H2,1-3H3;1H3,(H,3,4). The molecule has 6 nitrogen and oxygen atoms in total. The van der Waals surface area contributed by atoms with Crippen LogP contribution in [0, 0.1) is 5.95 Å². The second-order valence-electron chi connectivity index (χ2n) is 6.64. The summed E-state index contributed by atoms with van der Waals surface area (Å²) in [7, 11) is 0. The molecule has 1 aromatic heterocycles. The fourth-order valence-electron chi connectivity index (χ4n) is 2.40. The maximum Gasteiger partial charge on any atom is 0.410 e. The van der Waals surface area contributed by atoms with Crippen molar-refractivity contribution in [3.05, 3.63) is 29.8 Å². The van der Waals surface area contributed by atoms with Gasteiger partial charge in [-0.05, 0) is 45.6 Å². The number of piperidine rings is 1. The number of aromatic nitrogens is 1. The van der Waals surface area contributed by atoms with Gasteiger partial charge in [0.15, 0.2) is 0 Å². The predicted octanol–water partition coefficient (Wildman–Crippen LogP) is 3.43. The zero-order valence-corrected chi connectivity index (χ0v) is 14.6. The second-order valence-corrected chi connectivity index (χ2v) is 6.64. The molecule has 0 radical (unpaired) electrons. The van der Waals surface area contributed by atoms with Gasteiger partial charge >= 0.3 is 6.09 Å². The van der Waals surface area contributed by atoms with Gasteiger partial charge in [-0.25, -0.2) is 9.78 Å². The van der Waals surface area contributed by atoms with Crippen molar-refractivity contribution in [2.24, 2.45) is 0 Å². The van der Waals surface area contributed by atoms with Crippen molar-refractivity contribution in [3.63, 3.8) is 0 Å². The number of carboxylic acid groups (broad SMARTS) is 1. The molecule has 1 aromatic rings. The van der Waals surface area contributed by atoms with Crippen LogP contribution in [0.3, 0.4) is 0 Å². The van der Waals surface area contributed by atoms with Crippen LogP contribution < -0.4 is 0 Å². The lowest BCUT2D eigenvalue weighted by Crippen LogP contribution is -2.41. The molecule has 0 spiro atoms. The number of nitrogens with zero attached hydrogens (tertiary/aromatic N) is 2. The largest absolute Gasteiger partial charge is 0.481 e. The van der Waals surface area contributed by atoms with E-state index in [9.17, 15) is 9.18 Å². The van der Waals surface area contributed by atoms with Crippen LogP contribution in [0.2, 0.25) is 0 Å². The Morgan fingerprint density at radius 1 is 1.33 bits per heavy atom. The van der Waals surface area contributed by atoms with Gasteiger partial charge < -0.3 is 14.7 Å². The fourth-order valence-corrected chi connectivity index (χ4v) is 2.40. The van der Waals surface area contributed by atoms with Crippen molar-refractivity contribution in [2.75, 3.05) is 13.1 Å². The molecule has 0 aliphatic carbocycles. The Labute approximate surface area is 141 Å². The van der Waals surface area contributed by atoms with E-state index >= 15 is 0 Å². The van der Waals surface area contributed by atoms with Crippen LogP contribution in [0.5, 0.6) is 0 Å². The van der Waals surface area contributed by atoms with Gasteiger partial charge in [-0.3, -0.25) is 4.79 Å². The van der Waals surface area contributed by atoms with Gasteiger partial charge in [-0.2, -0.15) is 4.39 Å². The normalized spacial score (nSPS) is 15.3. The lowest BCUT2D eigenvalue weighted by molar-refractivity contribution is -0.134. The van der Waals surface area contributed by atoms with Crippen molar-refractivity contribution in [1.29, 1.82) is 0 Å². The first-order valence-corrected chi connectivity index (χ1v) is 7.88. The van der Waals surface area contributed by atoms with Crippen LogP contribution in [0.1, 0.15) is 52.0 Å². The van der Waals surface area contributed by atoms with E-state index in [1.165, 1.54) is 6.20 Å². The van der Waals surface area contributed by atoms with E-state index in [0.29, 0.717) is 18.7 Å². The number of halogens is 1. The van der Waals surface area contributed by atoms with E-state index in [1.54, 1.807) is 17.0 Å². The van der Waals surface area contributed by atoms with Crippen LogP contribution in [-0.4, -0.2) is 45.7 Å². The SMILES string of the molecule is CC(=O)O.CC(C)(C)OC(=O)N1CCC(c2cccnc2F)CC1. The minimum Gasteiger partial charge on any atom is -0.481 e. The van der Waals surface area contributed by atoms with E-state index in [2.05, 4.69) is 4.98 Å². The monoisotopic (exact) mass is 340 g/mol. The molecular weight excluding hydrogens is 315 g/mol. The highest BCUT2D eigenvalue weighted by Crippen LogP contribution is 2.29. The number of ether oxygens (including phenoxy) is 1. The van der Waals surface area contributed by atoms with E-state index in [4.69, 9.17) is 14.6 Å². The number of hydrogen-bond donors (Lipinski definition) is 1. The number of likely N-dealkylation sites (tertiary alicyclic amines) is 1. The van der Waals surface area contributed by atoms with Crippen LogP contribution in [-0.2, 0) is 9.53 Å². The summed E-state index contributed by atoms with van der Waals surface area (Å²) in [5.41, 5.74) is 0.167. The Balaban J connectivity index is 0.000000648. The van der Waals surface area contributed by atoms with Gasteiger partial charge in [0, 0.05) is 31.8 Å². The Morgan fingerprint density at radius 3 is 2.33 bits per heavy atom. The van der Waals surface area contributed by atoms with Crippen molar-refractivity contribution in [1.82, 2.24) is 9.88 Å². The van der Waals surface area contributed by atoms with Crippen LogP contribution in [0.25, 0.3) is 0 Å². The highest BCUT2D eigenvalue weighted by molar-refractivity contribution is 5.68. The summed E-state index contributed by atoms with van der Waals surface area (Å²) < 4.78 is 19.0. The number of amides is 1. The number of carbonyl (C=O) groups is 2. The molecule has 24 heavy (non-hydrogen) atoms. The number of pyridine rings is 1. The Kier molecular flexibility index (Phi) is 7.13. The van der Waals surface area contributed by atoms with Gasteiger partial charge in [-0.15, -0.1) is 0 Å². The van der Waals surface area contributed by atoms with Crippen molar-refractivity contribution < 1.29 is 23.8 Å². The topological polar surface area (TPSA) is 79.7 Å². The van der Waals surface area contributed by atoms with Crippen molar-refractivity contribution >= 4 is 12.1 Å². The summed E-state index contributed by atoms with van der Waals surface area (Å²) in [5.74, 6) is -1.11. The highest BCUT2D eigenvalue weighted by atomic mass is 19.1. The number of hydrogen-bond acceptors (Lipinski definition) is 4. The van der Waals surface area contributed by atoms with Gasteiger partial charge in [0.05, 0.1) is 0 Å². The summed E-state index contributed by atoms with van der Waals surface area (Å²) in [6.45, 7) is 7.82. The predicted molar refractivity (Wildman–Crippen MR) is 87.3 cm³/mol. The maximum absolute atomic E-state index is 13.6. The zero-order chi connectivity index (χ0) is 18.3. The average Bonchev–Trinajstić information content (AvgIpc) is 2.45. The van der Waals surface area contributed by atoms with Crippen molar-refractivity contribution in [3.8, 4) is 0 Å². The third-order valence-corrected chi connectivity index (χ3v) is 3.37. The Hall–Kier alpha value is -2.18. The lowest BCUT2D eigenvalue weighted by atomic mass is 9.90. The molecule has 134 valence electrons. The molecule has 0 saturated carbocycles. The molecule has 1 saturated heterocycles. The molecule has 0 bridgehead atoms. The van der Waals surface area contributed by atoms with E-state index in [0.717, 1.165) is 19.8 Å². The average molecular weight is 340 g/mol. The van der Waals surface area contributed by atoms with Crippen LogP contribution in [0.15, 0.2) is 18.3 Å². The minimum atomic E-state index is -0.833. The quantitative estimate of drug-likeness (QED) is 0.792. The Morgan fingerprint density at radius 2 is 1.88 bits per heavy atom. The molecule has 2 heterocycles. The summed E-state index contributed by atoms with van der Waals surface area (Å²) in [4.78, 5) is 26.3. The molecular formula is C17H25FN2O4. The van der Waals surface area contributed by atoms with Crippen molar-refractivity contribution in [2.45, 2.75) is 52.1 Å². The molecule has 2 rings (SSSR count).